The number of H-pyrrole nitrogens is 2. The normalized spacial score (nSPS) is 10.5. The van der Waals surface area contributed by atoms with E-state index < -0.39 is 0 Å². The predicted molar refractivity (Wildman–Crippen MR) is 84.1 cm³/mol. The number of aromatic amines is 2. The Morgan fingerprint density at radius 2 is 1.81 bits per heavy atom. The maximum atomic E-state index is 12.2. The lowest BCUT2D eigenvalue weighted by atomic mass is 10.1. The minimum absolute atomic E-state index is 0.230. The molecule has 0 aliphatic carbocycles. The molecule has 1 aromatic heterocycles. The second-order valence-electron chi connectivity index (χ2n) is 4.49. The van der Waals surface area contributed by atoms with Crippen LogP contribution >= 0.6 is 12.2 Å². The lowest BCUT2D eigenvalue weighted by molar-refractivity contribution is 0.102. The highest BCUT2D eigenvalue weighted by Gasteiger charge is 2.08. The van der Waals surface area contributed by atoms with Crippen LogP contribution in [-0.2, 0) is 0 Å². The lowest BCUT2D eigenvalue weighted by Crippen LogP contribution is -2.13. The Hall–Kier alpha value is -2.73. The van der Waals surface area contributed by atoms with E-state index in [0.717, 1.165) is 0 Å². The molecule has 0 saturated heterocycles. The second-order valence-corrected chi connectivity index (χ2v) is 4.90. The van der Waals surface area contributed by atoms with E-state index in [0.29, 0.717) is 22.2 Å². The molecule has 3 rings (SSSR count). The predicted octanol–water partition coefficient (Wildman–Crippen LogP) is 2.84. The monoisotopic (exact) mass is 297 g/mol. The van der Waals surface area contributed by atoms with Gasteiger partial charge in [0.25, 0.3) is 11.5 Å². The van der Waals surface area contributed by atoms with Crippen LogP contribution in [0.25, 0.3) is 10.9 Å². The molecule has 0 saturated carbocycles. The molecule has 0 fully saturated rings. The summed E-state index contributed by atoms with van der Waals surface area (Å²) in [6.07, 6.45) is 0. The topological polar surface area (TPSA) is 77.8 Å². The van der Waals surface area contributed by atoms with Crippen LogP contribution in [0.3, 0.4) is 0 Å². The highest BCUT2D eigenvalue weighted by atomic mass is 32.1. The molecule has 3 N–H and O–H groups in total. The Morgan fingerprint density at radius 1 is 1.05 bits per heavy atom. The maximum absolute atomic E-state index is 12.2. The molecule has 0 spiro atoms. The standard InChI is InChI=1S/C15H11N3O2S/c19-13(16-10-4-2-1-3-5-10)9-6-7-11-12(8-9)17-15(21)18-14(11)20/h1-8H,(H,16,19)(H2,17,18,20,21). The van der Waals surface area contributed by atoms with Crippen LogP contribution in [0.1, 0.15) is 10.4 Å². The third-order valence-electron chi connectivity index (χ3n) is 3.03. The SMILES string of the molecule is O=C(Nc1ccccc1)c1ccc2c(=O)[nH]c(=S)[nH]c2c1. The smallest absolute Gasteiger partial charge is 0.259 e. The average Bonchev–Trinajstić information content (AvgIpc) is 2.47. The molecular formula is C15H11N3O2S. The molecule has 0 unspecified atom stereocenters. The first-order valence-corrected chi connectivity index (χ1v) is 6.67. The van der Waals surface area contributed by atoms with E-state index in [1.807, 2.05) is 18.2 Å². The van der Waals surface area contributed by atoms with Crippen LogP contribution < -0.4 is 10.9 Å². The van der Waals surface area contributed by atoms with Gasteiger partial charge in [-0.3, -0.25) is 14.6 Å². The number of fused-ring (bicyclic) bond motifs is 1. The molecular weight excluding hydrogens is 286 g/mol. The van der Waals surface area contributed by atoms with Crippen molar-refractivity contribution in [3.05, 3.63) is 69.2 Å². The van der Waals surface area contributed by atoms with Crippen molar-refractivity contribution in [2.24, 2.45) is 0 Å². The molecule has 1 amide bonds. The minimum Gasteiger partial charge on any atom is -0.332 e. The minimum atomic E-state index is -0.274. The van der Waals surface area contributed by atoms with Gasteiger partial charge >= 0.3 is 0 Å². The van der Waals surface area contributed by atoms with Crippen molar-refractivity contribution >= 4 is 34.7 Å². The zero-order chi connectivity index (χ0) is 14.8. The Bertz CT molecular complexity index is 929. The zero-order valence-corrected chi connectivity index (χ0v) is 11.7. The summed E-state index contributed by atoms with van der Waals surface area (Å²) in [4.78, 5) is 29.3. The van der Waals surface area contributed by atoms with E-state index >= 15 is 0 Å². The van der Waals surface area contributed by atoms with E-state index in [1.54, 1.807) is 30.3 Å². The largest absolute Gasteiger partial charge is 0.332 e. The number of aromatic nitrogens is 2. The van der Waals surface area contributed by atoms with Gasteiger partial charge in [0.05, 0.1) is 10.9 Å². The van der Waals surface area contributed by atoms with Crippen molar-refractivity contribution in [3.8, 4) is 0 Å². The highest BCUT2D eigenvalue weighted by molar-refractivity contribution is 7.71. The Kier molecular flexibility index (Phi) is 3.37. The molecule has 0 aliphatic heterocycles. The summed E-state index contributed by atoms with van der Waals surface area (Å²) in [5, 5.41) is 3.25. The summed E-state index contributed by atoms with van der Waals surface area (Å²) < 4.78 is 0.230. The van der Waals surface area contributed by atoms with E-state index in [1.165, 1.54) is 0 Å². The number of anilines is 1. The van der Waals surface area contributed by atoms with Gasteiger partial charge in [-0.05, 0) is 42.5 Å². The van der Waals surface area contributed by atoms with Crippen molar-refractivity contribution in [1.82, 2.24) is 9.97 Å². The van der Waals surface area contributed by atoms with Gasteiger partial charge < -0.3 is 10.3 Å². The molecule has 104 valence electrons. The van der Waals surface area contributed by atoms with Crippen molar-refractivity contribution < 1.29 is 4.79 Å². The number of amides is 1. The van der Waals surface area contributed by atoms with Crippen molar-refractivity contribution in [2.75, 3.05) is 5.32 Å². The summed E-state index contributed by atoms with van der Waals surface area (Å²) in [7, 11) is 0. The van der Waals surface area contributed by atoms with Gasteiger partial charge in [0.15, 0.2) is 4.77 Å². The van der Waals surface area contributed by atoms with E-state index in [4.69, 9.17) is 12.2 Å². The molecule has 6 heteroatoms. The molecule has 0 atom stereocenters. The lowest BCUT2D eigenvalue weighted by Gasteiger charge is -2.06. The van der Waals surface area contributed by atoms with Gasteiger partial charge in [0.2, 0.25) is 0 Å². The third-order valence-corrected chi connectivity index (χ3v) is 3.24. The van der Waals surface area contributed by atoms with Crippen molar-refractivity contribution in [2.45, 2.75) is 0 Å². The van der Waals surface area contributed by atoms with Crippen LogP contribution in [0.2, 0.25) is 0 Å². The van der Waals surface area contributed by atoms with Crippen LogP contribution in [0, 0.1) is 4.77 Å². The molecule has 0 bridgehead atoms. The van der Waals surface area contributed by atoms with Gasteiger partial charge in [-0.1, -0.05) is 18.2 Å². The van der Waals surface area contributed by atoms with Crippen LogP contribution in [0.15, 0.2) is 53.3 Å². The van der Waals surface area contributed by atoms with Gasteiger partial charge in [-0.2, -0.15) is 0 Å². The fourth-order valence-corrected chi connectivity index (χ4v) is 2.24. The second kappa shape index (κ2) is 5.34. The number of nitrogens with one attached hydrogen (secondary N) is 3. The van der Waals surface area contributed by atoms with Crippen LogP contribution in [0.5, 0.6) is 0 Å². The summed E-state index contributed by atoms with van der Waals surface area (Å²) in [5.41, 5.74) is 1.41. The van der Waals surface area contributed by atoms with E-state index in [-0.39, 0.29) is 16.2 Å². The number of hydrogen-bond acceptors (Lipinski definition) is 3. The fraction of sp³-hybridized carbons (Fsp3) is 0. The van der Waals surface area contributed by atoms with Crippen LogP contribution in [0.4, 0.5) is 5.69 Å². The number of carbonyl (C=O) groups excluding carboxylic acids is 1. The first kappa shape index (κ1) is 13.3. The third kappa shape index (κ3) is 2.75. The van der Waals surface area contributed by atoms with Gasteiger partial charge in [0.1, 0.15) is 0 Å². The number of rotatable bonds is 2. The molecule has 0 aliphatic rings. The molecule has 1 heterocycles. The van der Waals surface area contributed by atoms with Gasteiger partial charge in [0, 0.05) is 11.3 Å². The summed E-state index contributed by atoms with van der Waals surface area (Å²) in [6.45, 7) is 0. The number of para-hydroxylation sites is 1. The maximum Gasteiger partial charge on any atom is 0.259 e. The molecule has 3 aromatic rings. The van der Waals surface area contributed by atoms with E-state index in [9.17, 15) is 9.59 Å². The Balaban J connectivity index is 1.99. The molecule has 5 nitrogen and oxygen atoms in total. The summed E-state index contributed by atoms with van der Waals surface area (Å²) in [5.74, 6) is -0.247. The number of carbonyl (C=O) groups is 1. The Labute approximate surface area is 124 Å². The van der Waals surface area contributed by atoms with Gasteiger partial charge in [-0.15, -0.1) is 0 Å². The quantitative estimate of drug-likeness (QED) is 0.636. The zero-order valence-electron chi connectivity index (χ0n) is 10.8. The number of hydrogen-bond donors (Lipinski definition) is 3. The summed E-state index contributed by atoms with van der Waals surface area (Å²) in [6, 6.07) is 14.0. The molecule has 21 heavy (non-hydrogen) atoms. The van der Waals surface area contributed by atoms with Crippen molar-refractivity contribution in [3.63, 3.8) is 0 Å². The fourth-order valence-electron chi connectivity index (χ4n) is 2.04. The number of benzene rings is 2. The van der Waals surface area contributed by atoms with Crippen molar-refractivity contribution in [1.29, 1.82) is 0 Å². The summed E-state index contributed by atoms with van der Waals surface area (Å²) >= 11 is 4.93. The first-order chi connectivity index (χ1) is 10.1. The van der Waals surface area contributed by atoms with E-state index in [2.05, 4.69) is 15.3 Å². The van der Waals surface area contributed by atoms with Crippen LogP contribution in [-0.4, -0.2) is 15.9 Å². The molecule has 0 radical (unpaired) electrons. The highest BCUT2D eigenvalue weighted by Crippen LogP contribution is 2.12. The average molecular weight is 297 g/mol. The molecule has 2 aromatic carbocycles. The Morgan fingerprint density at radius 3 is 2.57 bits per heavy atom. The van der Waals surface area contributed by atoms with Gasteiger partial charge in [-0.25, -0.2) is 0 Å². The first-order valence-electron chi connectivity index (χ1n) is 6.26.